The third-order valence-corrected chi connectivity index (χ3v) is 7.20. The number of nitrogens with zero attached hydrogens (tertiary/aromatic N) is 3. The number of hydrogen-bond donors (Lipinski definition) is 0. The molecule has 25 heavy (non-hydrogen) atoms. The summed E-state index contributed by atoms with van der Waals surface area (Å²) < 4.78 is 45.5. The maximum atomic E-state index is 13.8. The fourth-order valence-corrected chi connectivity index (χ4v) is 5.29. The minimum Gasteiger partial charge on any atom is -0.339 e. The molecule has 0 spiro atoms. The molecular formula is C17H20FN3O3S. The van der Waals surface area contributed by atoms with Gasteiger partial charge in [0.15, 0.2) is 0 Å². The molecule has 2 heterocycles. The van der Waals surface area contributed by atoms with Gasteiger partial charge in [-0.2, -0.15) is 4.98 Å². The third-order valence-electron chi connectivity index (χ3n) is 4.83. The van der Waals surface area contributed by atoms with Crippen molar-refractivity contribution in [2.45, 2.75) is 37.4 Å². The maximum absolute atomic E-state index is 13.8. The van der Waals surface area contributed by atoms with E-state index in [4.69, 9.17) is 4.52 Å². The van der Waals surface area contributed by atoms with Crippen LogP contribution in [0.5, 0.6) is 0 Å². The molecular weight excluding hydrogens is 345 g/mol. The maximum Gasteiger partial charge on any atom is 0.227 e. The molecule has 134 valence electrons. The van der Waals surface area contributed by atoms with Crippen molar-refractivity contribution >= 4 is 10.0 Å². The molecule has 4 rings (SSSR count). The van der Waals surface area contributed by atoms with Crippen LogP contribution < -0.4 is 0 Å². The van der Waals surface area contributed by atoms with Crippen molar-refractivity contribution in [3.63, 3.8) is 0 Å². The molecule has 1 aromatic carbocycles. The van der Waals surface area contributed by atoms with Gasteiger partial charge in [0.05, 0.1) is 10.8 Å². The van der Waals surface area contributed by atoms with E-state index in [9.17, 15) is 12.8 Å². The quantitative estimate of drug-likeness (QED) is 0.814. The molecule has 1 aliphatic heterocycles. The fraction of sp³-hybridized carbons (Fsp3) is 0.529. The molecule has 0 amide bonds. The van der Waals surface area contributed by atoms with Gasteiger partial charge in [0, 0.05) is 19.5 Å². The second kappa shape index (κ2) is 6.49. The molecule has 0 bridgehead atoms. The lowest BCUT2D eigenvalue weighted by Crippen LogP contribution is -2.42. The van der Waals surface area contributed by atoms with Gasteiger partial charge in [-0.3, -0.25) is 0 Å². The fourth-order valence-electron chi connectivity index (χ4n) is 3.34. The van der Waals surface area contributed by atoms with Crippen molar-refractivity contribution in [2.24, 2.45) is 5.92 Å². The SMILES string of the molecule is O=S(=O)(C1CC1)N1CCCC(Cc2nc(-c3ccccc3F)no2)C1. The smallest absolute Gasteiger partial charge is 0.227 e. The Kier molecular flexibility index (Phi) is 4.33. The Bertz CT molecular complexity index is 864. The second-order valence-electron chi connectivity index (χ2n) is 6.81. The van der Waals surface area contributed by atoms with Gasteiger partial charge in [-0.15, -0.1) is 0 Å². The van der Waals surface area contributed by atoms with Gasteiger partial charge in [-0.05, 0) is 43.7 Å². The Hall–Kier alpha value is -1.80. The molecule has 1 saturated carbocycles. The Morgan fingerprint density at radius 2 is 2.04 bits per heavy atom. The van der Waals surface area contributed by atoms with Crippen LogP contribution in [0.25, 0.3) is 11.4 Å². The van der Waals surface area contributed by atoms with E-state index < -0.39 is 15.8 Å². The summed E-state index contributed by atoms with van der Waals surface area (Å²) in [6.45, 7) is 1.09. The van der Waals surface area contributed by atoms with Crippen LogP contribution in [-0.2, 0) is 16.4 Å². The summed E-state index contributed by atoms with van der Waals surface area (Å²) in [5, 5.41) is 3.68. The summed E-state index contributed by atoms with van der Waals surface area (Å²) in [6, 6.07) is 6.29. The zero-order valence-electron chi connectivity index (χ0n) is 13.8. The van der Waals surface area contributed by atoms with Gasteiger partial charge in [0.2, 0.25) is 21.7 Å². The van der Waals surface area contributed by atoms with Gasteiger partial charge in [0.25, 0.3) is 0 Å². The second-order valence-corrected chi connectivity index (χ2v) is 9.02. The van der Waals surface area contributed by atoms with E-state index in [1.165, 1.54) is 6.07 Å². The first kappa shape index (κ1) is 16.7. The lowest BCUT2D eigenvalue weighted by molar-refractivity contribution is 0.246. The predicted octanol–water partition coefficient (Wildman–Crippen LogP) is 2.62. The molecule has 8 heteroatoms. The zero-order chi connectivity index (χ0) is 17.4. The number of piperidine rings is 1. The van der Waals surface area contributed by atoms with Crippen LogP contribution in [0.15, 0.2) is 28.8 Å². The molecule has 2 aliphatic rings. The summed E-state index contributed by atoms with van der Waals surface area (Å²) in [7, 11) is -3.14. The van der Waals surface area contributed by atoms with E-state index in [2.05, 4.69) is 10.1 Å². The highest BCUT2D eigenvalue weighted by molar-refractivity contribution is 7.90. The number of benzene rings is 1. The number of aromatic nitrogens is 2. The summed E-state index contributed by atoms with van der Waals surface area (Å²) >= 11 is 0. The standard InChI is InChI=1S/C17H20FN3O3S/c18-15-6-2-1-5-14(15)17-19-16(24-20-17)10-12-4-3-9-21(11-12)25(22,23)13-7-8-13/h1-2,5-6,12-13H,3-4,7-11H2. The molecule has 1 aliphatic carbocycles. The highest BCUT2D eigenvalue weighted by atomic mass is 32.2. The van der Waals surface area contributed by atoms with Gasteiger partial charge in [-0.1, -0.05) is 17.3 Å². The van der Waals surface area contributed by atoms with Crippen molar-refractivity contribution < 1.29 is 17.3 Å². The summed E-state index contributed by atoms with van der Waals surface area (Å²) in [6.07, 6.45) is 3.83. The van der Waals surface area contributed by atoms with Crippen LogP contribution in [0.3, 0.4) is 0 Å². The lowest BCUT2D eigenvalue weighted by atomic mass is 9.96. The Morgan fingerprint density at radius 3 is 2.80 bits per heavy atom. The van der Waals surface area contributed by atoms with E-state index in [1.807, 2.05) is 0 Å². The first-order valence-electron chi connectivity index (χ1n) is 8.60. The third kappa shape index (κ3) is 3.46. The molecule has 6 nitrogen and oxygen atoms in total. The molecule has 1 saturated heterocycles. The van der Waals surface area contributed by atoms with E-state index in [0.717, 1.165) is 25.7 Å². The van der Waals surface area contributed by atoms with Crippen LogP contribution in [0.1, 0.15) is 31.6 Å². The highest BCUT2D eigenvalue weighted by Crippen LogP contribution is 2.33. The van der Waals surface area contributed by atoms with E-state index >= 15 is 0 Å². The van der Waals surface area contributed by atoms with Gasteiger partial charge < -0.3 is 4.52 Å². The highest BCUT2D eigenvalue weighted by Gasteiger charge is 2.41. The lowest BCUT2D eigenvalue weighted by Gasteiger charge is -2.31. The van der Waals surface area contributed by atoms with Crippen LogP contribution in [0, 0.1) is 11.7 Å². The average molecular weight is 365 g/mol. The average Bonchev–Trinajstić information content (AvgIpc) is 3.37. The first-order chi connectivity index (χ1) is 12.0. The molecule has 1 aromatic heterocycles. The van der Waals surface area contributed by atoms with E-state index in [1.54, 1.807) is 22.5 Å². The largest absolute Gasteiger partial charge is 0.339 e. The van der Waals surface area contributed by atoms with E-state index in [-0.39, 0.29) is 17.0 Å². The summed E-state index contributed by atoms with van der Waals surface area (Å²) in [5.41, 5.74) is 0.305. The number of halogens is 1. The van der Waals surface area contributed by atoms with Crippen molar-refractivity contribution in [1.82, 2.24) is 14.4 Å². The number of rotatable bonds is 5. The predicted molar refractivity (Wildman–Crippen MR) is 89.6 cm³/mol. The molecule has 0 N–H and O–H groups in total. The topological polar surface area (TPSA) is 76.3 Å². The number of sulfonamides is 1. The van der Waals surface area contributed by atoms with Crippen LogP contribution in [-0.4, -0.2) is 41.2 Å². The van der Waals surface area contributed by atoms with Gasteiger partial charge >= 0.3 is 0 Å². The van der Waals surface area contributed by atoms with Crippen molar-refractivity contribution in [1.29, 1.82) is 0 Å². The van der Waals surface area contributed by atoms with E-state index in [0.29, 0.717) is 31.0 Å². The van der Waals surface area contributed by atoms with Crippen LogP contribution in [0.4, 0.5) is 4.39 Å². The Morgan fingerprint density at radius 1 is 1.24 bits per heavy atom. The van der Waals surface area contributed by atoms with Crippen molar-refractivity contribution in [3.05, 3.63) is 36.0 Å². The Balaban J connectivity index is 1.45. The molecule has 2 aromatic rings. The monoisotopic (exact) mass is 365 g/mol. The molecule has 2 fully saturated rings. The molecule has 1 unspecified atom stereocenters. The Labute approximate surface area is 146 Å². The van der Waals surface area contributed by atoms with Gasteiger partial charge in [0.1, 0.15) is 5.82 Å². The minimum atomic E-state index is -3.14. The normalized spacial score (nSPS) is 22.2. The summed E-state index contributed by atoms with van der Waals surface area (Å²) in [5.74, 6) is 0.408. The molecule has 0 radical (unpaired) electrons. The van der Waals surface area contributed by atoms with Crippen molar-refractivity contribution in [2.75, 3.05) is 13.1 Å². The van der Waals surface area contributed by atoms with Crippen molar-refractivity contribution in [3.8, 4) is 11.4 Å². The number of hydrogen-bond acceptors (Lipinski definition) is 5. The van der Waals surface area contributed by atoms with Crippen LogP contribution in [0.2, 0.25) is 0 Å². The molecule has 1 atom stereocenters. The summed E-state index contributed by atoms with van der Waals surface area (Å²) in [4.78, 5) is 4.28. The first-order valence-corrected chi connectivity index (χ1v) is 10.1. The van der Waals surface area contributed by atoms with Crippen LogP contribution >= 0.6 is 0 Å². The minimum absolute atomic E-state index is 0.149. The zero-order valence-corrected chi connectivity index (χ0v) is 14.6. The van der Waals surface area contributed by atoms with Gasteiger partial charge in [-0.25, -0.2) is 17.1 Å².